The summed E-state index contributed by atoms with van der Waals surface area (Å²) in [4.78, 5) is 45.0. The smallest absolute Gasteiger partial charge is 0.303 e. The van der Waals surface area contributed by atoms with Crippen LogP contribution in [0.25, 0.3) is 0 Å². The van der Waals surface area contributed by atoms with Crippen LogP contribution < -0.4 is 0 Å². The van der Waals surface area contributed by atoms with E-state index in [-0.39, 0.29) is 20.0 Å². The Labute approximate surface area is 144 Å². The minimum atomic E-state index is -1.12. The normalized spacial score (nSPS) is 26.1. The highest BCUT2D eigenvalue weighted by molar-refractivity contribution is 5.68. The maximum absolute atomic E-state index is 11.5. The van der Waals surface area contributed by atoms with E-state index in [1.54, 1.807) is 0 Å². The molecule has 0 amide bonds. The lowest BCUT2D eigenvalue weighted by atomic mass is 10.0. The molecule has 10 nitrogen and oxygen atoms in total. The van der Waals surface area contributed by atoms with Gasteiger partial charge < -0.3 is 28.4 Å². The summed E-state index contributed by atoms with van der Waals surface area (Å²) in [5.41, 5.74) is 0. The van der Waals surface area contributed by atoms with Gasteiger partial charge in [-0.1, -0.05) is 0 Å². The van der Waals surface area contributed by atoms with Crippen LogP contribution in [0.1, 0.15) is 27.7 Å². The molecule has 1 aliphatic heterocycles. The van der Waals surface area contributed by atoms with E-state index in [4.69, 9.17) is 28.4 Å². The van der Waals surface area contributed by atoms with Crippen molar-refractivity contribution in [3.05, 3.63) is 0 Å². The summed E-state index contributed by atoms with van der Waals surface area (Å²) in [5.74, 6) is -2.44. The summed E-state index contributed by atoms with van der Waals surface area (Å²) in [6, 6.07) is 0. The van der Waals surface area contributed by atoms with Crippen LogP contribution in [0.4, 0.5) is 0 Å². The quantitative estimate of drug-likeness (QED) is 0.460. The number of hydrogen-bond donors (Lipinski definition) is 0. The van der Waals surface area contributed by atoms with Crippen LogP contribution >= 0.6 is 0 Å². The Morgan fingerprint density at radius 1 is 0.720 bits per heavy atom. The van der Waals surface area contributed by atoms with Crippen molar-refractivity contribution in [1.29, 1.82) is 0 Å². The second-order valence-corrected chi connectivity index (χ2v) is 5.28. The van der Waals surface area contributed by atoms with Gasteiger partial charge in [0.05, 0.1) is 0 Å². The third-order valence-corrected chi connectivity index (χ3v) is 3.13. The van der Waals surface area contributed by atoms with E-state index >= 15 is 0 Å². The first kappa shape index (κ1) is 20.8. The average Bonchev–Trinajstić information content (AvgIpc) is 2.63. The van der Waals surface area contributed by atoms with Crippen molar-refractivity contribution in [3.63, 3.8) is 0 Å². The fourth-order valence-corrected chi connectivity index (χ4v) is 2.18. The van der Waals surface area contributed by atoms with Gasteiger partial charge >= 0.3 is 23.9 Å². The molecule has 0 saturated carbocycles. The van der Waals surface area contributed by atoms with Crippen molar-refractivity contribution in [3.8, 4) is 0 Å². The summed E-state index contributed by atoms with van der Waals surface area (Å²) in [5, 5.41) is 0. The monoisotopic (exact) mass is 362 g/mol. The molecule has 142 valence electrons. The Bertz CT molecular complexity index is 459. The minimum absolute atomic E-state index is 0.241. The number of rotatable bonds is 6. The molecule has 1 fully saturated rings. The summed E-state index contributed by atoms with van der Waals surface area (Å²) >= 11 is 0. The predicted octanol–water partition coefficient (Wildman–Crippen LogP) is -0.282. The van der Waals surface area contributed by atoms with E-state index in [0.717, 1.165) is 0 Å². The molecule has 0 unspecified atom stereocenters. The highest BCUT2D eigenvalue weighted by Gasteiger charge is 2.44. The topological polar surface area (TPSA) is 124 Å². The molecule has 0 aromatic carbocycles. The van der Waals surface area contributed by atoms with E-state index < -0.39 is 48.3 Å². The largest absolute Gasteiger partial charge is 0.463 e. The van der Waals surface area contributed by atoms with Crippen LogP contribution in [0.5, 0.6) is 0 Å². The molecular weight excluding hydrogens is 340 g/mol. The zero-order chi connectivity index (χ0) is 19.0. The van der Waals surface area contributed by atoms with Crippen LogP contribution in [0.3, 0.4) is 0 Å². The van der Waals surface area contributed by atoms with Gasteiger partial charge in [-0.3, -0.25) is 19.2 Å². The maximum atomic E-state index is 11.5. The molecular formula is C15H22O10. The van der Waals surface area contributed by atoms with Crippen LogP contribution in [0.15, 0.2) is 0 Å². The van der Waals surface area contributed by atoms with Gasteiger partial charge in [0.25, 0.3) is 0 Å². The van der Waals surface area contributed by atoms with Gasteiger partial charge in [0.1, 0.15) is 32.2 Å². The number of esters is 4. The van der Waals surface area contributed by atoms with Crippen LogP contribution in [-0.2, 0) is 47.6 Å². The first-order valence-corrected chi connectivity index (χ1v) is 7.55. The van der Waals surface area contributed by atoms with Gasteiger partial charge in [-0.15, -0.1) is 0 Å². The van der Waals surface area contributed by atoms with Gasteiger partial charge in [-0.2, -0.15) is 0 Å². The highest BCUT2D eigenvalue weighted by Crippen LogP contribution is 2.23. The first-order valence-electron chi connectivity index (χ1n) is 7.55. The highest BCUT2D eigenvalue weighted by atomic mass is 16.7. The Hall–Kier alpha value is -2.20. The molecule has 0 bridgehead atoms. The van der Waals surface area contributed by atoms with Crippen molar-refractivity contribution in [2.75, 3.05) is 20.0 Å². The summed E-state index contributed by atoms with van der Waals surface area (Å²) in [7, 11) is 0. The fraction of sp³-hybridized carbons (Fsp3) is 0.733. The zero-order valence-corrected chi connectivity index (χ0v) is 14.5. The molecule has 1 saturated heterocycles. The lowest BCUT2D eigenvalue weighted by molar-refractivity contribution is -0.184. The SMILES string of the molecule is CC(=O)OC[C@H]1OCO[C@H](COC(C)=O)[C@@H](OC(C)=O)[C@@H]1OC(C)=O. The maximum Gasteiger partial charge on any atom is 0.303 e. The number of hydrogen-bond acceptors (Lipinski definition) is 10. The average molecular weight is 362 g/mol. The van der Waals surface area contributed by atoms with Crippen LogP contribution in [-0.4, -0.2) is 68.3 Å². The first-order chi connectivity index (χ1) is 11.7. The summed E-state index contributed by atoms with van der Waals surface area (Å²) < 4.78 is 31.0. The molecule has 0 radical (unpaired) electrons. The Morgan fingerprint density at radius 2 is 1.08 bits per heavy atom. The second kappa shape index (κ2) is 9.94. The van der Waals surface area contributed by atoms with Crippen LogP contribution in [0, 0.1) is 0 Å². The molecule has 0 N–H and O–H groups in total. The van der Waals surface area contributed by atoms with E-state index in [1.807, 2.05) is 0 Å². The lowest BCUT2D eigenvalue weighted by Crippen LogP contribution is -2.51. The number of ether oxygens (including phenoxy) is 6. The minimum Gasteiger partial charge on any atom is -0.463 e. The van der Waals surface area contributed by atoms with Crippen molar-refractivity contribution < 1.29 is 47.6 Å². The van der Waals surface area contributed by atoms with Gasteiger partial charge in [-0.25, -0.2) is 0 Å². The van der Waals surface area contributed by atoms with Crippen molar-refractivity contribution >= 4 is 23.9 Å². The molecule has 0 aromatic rings. The fourth-order valence-electron chi connectivity index (χ4n) is 2.18. The molecule has 1 heterocycles. The summed E-state index contributed by atoms with van der Waals surface area (Å²) in [6.07, 6.45) is -4.11. The molecule has 1 rings (SSSR count). The Kier molecular flexibility index (Phi) is 8.29. The zero-order valence-electron chi connectivity index (χ0n) is 14.5. The van der Waals surface area contributed by atoms with Crippen molar-refractivity contribution in [2.24, 2.45) is 0 Å². The van der Waals surface area contributed by atoms with Gasteiger partial charge in [-0.05, 0) is 0 Å². The third-order valence-electron chi connectivity index (χ3n) is 3.13. The molecule has 0 aliphatic carbocycles. The van der Waals surface area contributed by atoms with E-state index in [0.29, 0.717) is 0 Å². The Balaban J connectivity index is 3.05. The molecule has 10 heteroatoms. The molecule has 25 heavy (non-hydrogen) atoms. The third kappa shape index (κ3) is 7.48. The number of carbonyl (C=O) groups is 4. The predicted molar refractivity (Wildman–Crippen MR) is 79.0 cm³/mol. The van der Waals surface area contributed by atoms with Crippen molar-refractivity contribution in [1.82, 2.24) is 0 Å². The molecule has 4 atom stereocenters. The van der Waals surface area contributed by atoms with E-state index in [2.05, 4.69) is 0 Å². The van der Waals surface area contributed by atoms with Gasteiger partial charge in [0.2, 0.25) is 0 Å². The summed E-state index contributed by atoms with van der Waals surface area (Å²) in [6.45, 7) is 4.00. The van der Waals surface area contributed by atoms with Crippen molar-refractivity contribution in [2.45, 2.75) is 52.1 Å². The van der Waals surface area contributed by atoms with Gasteiger partial charge in [0, 0.05) is 27.7 Å². The van der Waals surface area contributed by atoms with Crippen LogP contribution in [0.2, 0.25) is 0 Å². The van der Waals surface area contributed by atoms with E-state index in [9.17, 15) is 19.2 Å². The standard InChI is InChI=1S/C15H22O10/c1-8(16)20-5-12-14(24-10(3)18)15(25-11(4)19)13(23-7-22-12)6-21-9(2)17/h12-15H,5-7H2,1-4H3/t12-,13-,14-,15-/m1/s1. The molecule has 1 aliphatic rings. The van der Waals surface area contributed by atoms with Gasteiger partial charge in [0.15, 0.2) is 12.2 Å². The van der Waals surface area contributed by atoms with E-state index in [1.165, 1.54) is 27.7 Å². The molecule has 0 spiro atoms. The Morgan fingerprint density at radius 3 is 1.36 bits per heavy atom. The number of carbonyl (C=O) groups excluding carboxylic acids is 4. The second-order valence-electron chi connectivity index (χ2n) is 5.28. The lowest BCUT2D eigenvalue weighted by Gasteiger charge is -2.31. The molecule has 0 aromatic heterocycles.